The van der Waals surface area contributed by atoms with Crippen LogP contribution in [0.5, 0.6) is 0 Å². The van der Waals surface area contributed by atoms with E-state index in [1.807, 2.05) is 6.07 Å². The topological polar surface area (TPSA) is 70.0 Å². The van der Waals surface area contributed by atoms with Crippen molar-refractivity contribution in [2.24, 2.45) is 16.9 Å². The molecule has 2 aromatic carbocycles. The minimum atomic E-state index is -0.879. The highest BCUT2D eigenvalue weighted by molar-refractivity contribution is 6.38. The fraction of sp³-hybridized carbons (Fsp3) is 0.182. The lowest BCUT2D eigenvalue weighted by Crippen LogP contribution is -2.46. The molecule has 2 saturated heterocycles. The lowest BCUT2D eigenvalue weighted by Gasteiger charge is -2.30. The van der Waals surface area contributed by atoms with Crippen molar-refractivity contribution in [2.45, 2.75) is 12.1 Å². The number of hydrogen-bond acceptors (Lipinski definition) is 5. The molecule has 4 atom stereocenters. The number of ketones is 1. The summed E-state index contributed by atoms with van der Waals surface area (Å²) in [5.41, 5.74) is 0.737. The number of halogens is 2. The van der Waals surface area contributed by atoms with Crippen molar-refractivity contribution in [3.8, 4) is 0 Å². The Morgan fingerprint density at radius 3 is 2.43 bits per heavy atom. The van der Waals surface area contributed by atoms with Crippen molar-refractivity contribution >= 4 is 52.7 Å². The predicted molar refractivity (Wildman–Crippen MR) is 114 cm³/mol. The molecule has 8 heteroatoms. The van der Waals surface area contributed by atoms with Crippen LogP contribution < -0.4 is 4.90 Å². The largest absolute Gasteiger partial charge is 0.292 e. The molecule has 0 aromatic heterocycles. The third kappa shape index (κ3) is 2.71. The van der Waals surface area contributed by atoms with Crippen LogP contribution in [0.15, 0.2) is 65.8 Å². The first kappa shape index (κ1) is 19.0. The fourth-order valence-electron chi connectivity index (χ4n) is 4.51. The number of imide groups is 1. The molecular formula is C22H15Cl2N3O3. The second kappa shape index (κ2) is 7.07. The summed E-state index contributed by atoms with van der Waals surface area (Å²) >= 11 is 12.3. The molecular weight excluding hydrogens is 425 g/mol. The average Bonchev–Trinajstić information content (AvgIpc) is 3.22. The van der Waals surface area contributed by atoms with Gasteiger partial charge >= 0.3 is 0 Å². The maximum Gasteiger partial charge on any atom is 0.240 e. The van der Waals surface area contributed by atoms with Gasteiger partial charge in [0.15, 0.2) is 5.78 Å². The number of carbonyl (C=O) groups excluding carboxylic acids is 3. The van der Waals surface area contributed by atoms with Crippen LogP contribution in [0.2, 0.25) is 10.0 Å². The molecule has 6 nitrogen and oxygen atoms in total. The second-order valence-corrected chi connectivity index (χ2v) is 8.20. The summed E-state index contributed by atoms with van der Waals surface area (Å²) in [6, 6.07) is 12.0. The van der Waals surface area contributed by atoms with Crippen molar-refractivity contribution in [3.05, 3.63) is 76.3 Å². The molecule has 5 rings (SSSR count). The number of carbonyl (C=O) groups is 3. The summed E-state index contributed by atoms with van der Waals surface area (Å²) in [7, 11) is 0. The molecule has 0 saturated carbocycles. The molecule has 3 aliphatic heterocycles. The van der Waals surface area contributed by atoms with Gasteiger partial charge < -0.3 is 0 Å². The quantitative estimate of drug-likeness (QED) is 0.541. The van der Waals surface area contributed by atoms with Gasteiger partial charge in [-0.05, 0) is 24.3 Å². The minimum absolute atomic E-state index is 0.198. The van der Waals surface area contributed by atoms with Crippen LogP contribution in [0.4, 0.5) is 5.69 Å². The molecule has 0 radical (unpaired) electrons. The molecule has 0 aliphatic carbocycles. The van der Waals surface area contributed by atoms with Crippen molar-refractivity contribution in [2.75, 3.05) is 4.90 Å². The maximum absolute atomic E-state index is 13.5. The van der Waals surface area contributed by atoms with E-state index in [1.54, 1.807) is 59.8 Å². The van der Waals surface area contributed by atoms with E-state index < -0.39 is 35.7 Å². The van der Waals surface area contributed by atoms with Gasteiger partial charge in [0.2, 0.25) is 11.8 Å². The zero-order valence-corrected chi connectivity index (χ0v) is 17.0. The van der Waals surface area contributed by atoms with Gasteiger partial charge in [0, 0.05) is 16.8 Å². The van der Waals surface area contributed by atoms with Crippen LogP contribution in [0, 0.1) is 11.8 Å². The molecule has 3 aliphatic rings. The van der Waals surface area contributed by atoms with Gasteiger partial charge in [-0.15, -0.1) is 0 Å². The van der Waals surface area contributed by atoms with E-state index in [-0.39, 0.29) is 16.5 Å². The smallest absolute Gasteiger partial charge is 0.240 e. The number of hydrogen-bond donors (Lipinski definition) is 0. The van der Waals surface area contributed by atoms with Gasteiger partial charge in [-0.2, -0.15) is 5.10 Å². The summed E-state index contributed by atoms with van der Waals surface area (Å²) in [5.74, 6) is -2.68. The number of Topliss-reactive ketones (excluding diaryl/α,β-unsaturated/α-hetero) is 1. The highest BCUT2D eigenvalue weighted by Gasteiger charge is 2.64. The zero-order valence-electron chi connectivity index (χ0n) is 15.5. The standard InChI is InChI=1S/C22H15Cl2N3O3/c23-13-8-9-15(14(24)11-13)26-21(29)17-16-7-4-10-25-27(16)19(18(17)22(26)30)20(28)12-5-2-1-3-6-12/h1-11,16-19H/t16?,17-,18-,19+/m0/s1. The third-order valence-corrected chi connectivity index (χ3v) is 6.31. The summed E-state index contributed by atoms with van der Waals surface area (Å²) in [6.45, 7) is 0. The third-order valence-electron chi connectivity index (χ3n) is 5.77. The van der Waals surface area contributed by atoms with E-state index in [0.717, 1.165) is 4.90 Å². The highest BCUT2D eigenvalue weighted by atomic mass is 35.5. The number of anilines is 1. The van der Waals surface area contributed by atoms with Crippen molar-refractivity contribution in [1.82, 2.24) is 5.01 Å². The average molecular weight is 440 g/mol. The van der Waals surface area contributed by atoms with Gasteiger partial charge in [-0.25, -0.2) is 4.90 Å². The molecule has 1 unspecified atom stereocenters. The van der Waals surface area contributed by atoms with Gasteiger partial charge in [0.05, 0.1) is 28.6 Å². The van der Waals surface area contributed by atoms with E-state index in [2.05, 4.69) is 5.10 Å². The van der Waals surface area contributed by atoms with Gasteiger partial charge in [-0.1, -0.05) is 59.6 Å². The van der Waals surface area contributed by atoms with Gasteiger partial charge in [0.1, 0.15) is 6.04 Å². The first-order valence-electron chi connectivity index (χ1n) is 9.40. The molecule has 2 aromatic rings. The normalized spacial score (nSPS) is 26.9. The van der Waals surface area contributed by atoms with Gasteiger partial charge in [0.25, 0.3) is 0 Å². The fourth-order valence-corrected chi connectivity index (χ4v) is 5.00. The van der Waals surface area contributed by atoms with Crippen LogP contribution in [0.1, 0.15) is 10.4 Å². The monoisotopic (exact) mass is 439 g/mol. The first-order chi connectivity index (χ1) is 14.5. The minimum Gasteiger partial charge on any atom is -0.292 e. The molecule has 150 valence electrons. The number of benzene rings is 2. The van der Waals surface area contributed by atoms with Crippen LogP contribution >= 0.6 is 23.2 Å². The number of allylic oxidation sites excluding steroid dienone is 1. The van der Waals surface area contributed by atoms with Crippen molar-refractivity contribution in [3.63, 3.8) is 0 Å². The summed E-state index contributed by atoms with van der Waals surface area (Å²) in [4.78, 5) is 41.3. The SMILES string of the molecule is O=C(c1ccccc1)[C@H]1[C@H]2C(=O)N(c3ccc(Cl)cc3Cl)C(=O)[C@H]2C2C=CC=NN21. The lowest BCUT2D eigenvalue weighted by atomic mass is 9.86. The van der Waals surface area contributed by atoms with E-state index >= 15 is 0 Å². The highest BCUT2D eigenvalue weighted by Crippen LogP contribution is 2.47. The predicted octanol–water partition coefficient (Wildman–Crippen LogP) is 3.59. The molecule has 3 heterocycles. The van der Waals surface area contributed by atoms with Crippen LogP contribution in [-0.4, -0.2) is 40.9 Å². The lowest BCUT2D eigenvalue weighted by molar-refractivity contribution is -0.123. The summed E-state index contributed by atoms with van der Waals surface area (Å²) < 4.78 is 0. The number of hydrazone groups is 1. The van der Waals surface area contributed by atoms with Crippen molar-refractivity contribution < 1.29 is 14.4 Å². The summed E-state index contributed by atoms with van der Waals surface area (Å²) in [6.07, 6.45) is 5.09. The summed E-state index contributed by atoms with van der Waals surface area (Å²) in [5, 5.41) is 6.51. The number of rotatable bonds is 3. The number of fused-ring (bicyclic) bond motifs is 3. The van der Waals surface area contributed by atoms with E-state index in [9.17, 15) is 14.4 Å². The van der Waals surface area contributed by atoms with Crippen LogP contribution in [-0.2, 0) is 9.59 Å². The number of amides is 2. The Morgan fingerprint density at radius 1 is 0.967 bits per heavy atom. The van der Waals surface area contributed by atoms with E-state index in [1.165, 1.54) is 6.07 Å². The molecule has 0 N–H and O–H groups in total. The second-order valence-electron chi connectivity index (χ2n) is 7.35. The Morgan fingerprint density at radius 2 is 1.70 bits per heavy atom. The van der Waals surface area contributed by atoms with Crippen LogP contribution in [0.3, 0.4) is 0 Å². The van der Waals surface area contributed by atoms with Crippen LogP contribution in [0.25, 0.3) is 0 Å². The maximum atomic E-state index is 13.5. The van der Waals surface area contributed by atoms with E-state index in [0.29, 0.717) is 10.6 Å². The number of nitrogens with zero attached hydrogens (tertiary/aromatic N) is 3. The Bertz CT molecular complexity index is 1130. The Kier molecular flexibility index (Phi) is 4.49. The molecule has 2 fully saturated rings. The molecule has 2 amide bonds. The Balaban J connectivity index is 1.60. The Hall–Kier alpha value is -2.96. The molecule has 0 spiro atoms. The molecule has 0 bridgehead atoms. The van der Waals surface area contributed by atoms with Gasteiger partial charge in [-0.3, -0.25) is 19.4 Å². The zero-order chi connectivity index (χ0) is 21.0. The molecule has 30 heavy (non-hydrogen) atoms. The van der Waals surface area contributed by atoms with Crippen molar-refractivity contribution in [1.29, 1.82) is 0 Å². The Labute approximate surface area is 182 Å². The first-order valence-corrected chi connectivity index (χ1v) is 10.2. The van der Waals surface area contributed by atoms with E-state index in [4.69, 9.17) is 23.2 Å².